The molecule has 2 rings (SSSR count). The number of benzene rings is 2. The molecule has 0 aliphatic heterocycles. The Labute approximate surface area is 141 Å². The number of hydrogen-bond donors (Lipinski definition) is 1. The number of rotatable bonds is 5. The molecule has 0 bridgehead atoms. The van der Waals surface area contributed by atoms with Crippen molar-refractivity contribution in [3.05, 3.63) is 58.7 Å². The maximum atomic E-state index is 12.7. The van der Waals surface area contributed by atoms with Gasteiger partial charge in [0.1, 0.15) is 5.75 Å². The molecule has 1 N–H and O–H groups in total. The van der Waals surface area contributed by atoms with Crippen LogP contribution in [0.25, 0.3) is 0 Å². The minimum Gasteiger partial charge on any atom is -0.481 e. The van der Waals surface area contributed by atoms with Crippen molar-refractivity contribution in [3.63, 3.8) is 0 Å². The van der Waals surface area contributed by atoms with Crippen molar-refractivity contribution in [2.75, 3.05) is 18.6 Å². The van der Waals surface area contributed by atoms with Gasteiger partial charge in [0.15, 0.2) is 6.61 Å². The van der Waals surface area contributed by atoms with E-state index in [1.54, 1.807) is 37.9 Å². The molecule has 0 atom stereocenters. The van der Waals surface area contributed by atoms with Gasteiger partial charge in [-0.1, -0.05) is 17.7 Å². The number of amides is 1. The SMILES string of the molecule is Cc1ccc(N(C)C(=O)c2cc(C)c(OCC(=O)O)c(C)c2)cc1. The summed E-state index contributed by atoms with van der Waals surface area (Å²) < 4.78 is 5.30. The van der Waals surface area contributed by atoms with Gasteiger partial charge in [0, 0.05) is 18.3 Å². The van der Waals surface area contributed by atoms with E-state index in [1.807, 2.05) is 31.2 Å². The van der Waals surface area contributed by atoms with E-state index in [1.165, 1.54) is 0 Å². The summed E-state index contributed by atoms with van der Waals surface area (Å²) in [5.41, 5.74) is 3.95. The molecule has 0 fully saturated rings. The second kappa shape index (κ2) is 7.17. The number of aryl methyl sites for hydroxylation is 3. The van der Waals surface area contributed by atoms with Crippen LogP contribution in [0.15, 0.2) is 36.4 Å². The first-order chi connectivity index (χ1) is 11.3. The largest absolute Gasteiger partial charge is 0.481 e. The standard InChI is InChI=1S/C19H21NO4/c1-12-5-7-16(8-6-12)20(4)19(23)15-9-13(2)18(14(3)10-15)24-11-17(21)22/h5-10H,11H2,1-4H3,(H,21,22). The molecule has 0 heterocycles. The smallest absolute Gasteiger partial charge is 0.341 e. The zero-order valence-corrected chi connectivity index (χ0v) is 14.3. The maximum absolute atomic E-state index is 12.7. The van der Waals surface area contributed by atoms with Crippen molar-refractivity contribution in [1.82, 2.24) is 0 Å². The van der Waals surface area contributed by atoms with Gasteiger partial charge in [-0.05, 0) is 56.2 Å². The Morgan fingerprint density at radius 1 is 1.04 bits per heavy atom. The molecule has 0 saturated heterocycles. The Morgan fingerprint density at radius 2 is 1.58 bits per heavy atom. The number of hydrogen-bond acceptors (Lipinski definition) is 3. The monoisotopic (exact) mass is 327 g/mol. The molecule has 1 amide bonds. The number of carbonyl (C=O) groups is 2. The molecule has 0 spiro atoms. The van der Waals surface area contributed by atoms with E-state index in [9.17, 15) is 9.59 Å². The molecule has 24 heavy (non-hydrogen) atoms. The quantitative estimate of drug-likeness (QED) is 0.914. The van der Waals surface area contributed by atoms with E-state index >= 15 is 0 Å². The molecule has 5 heteroatoms. The van der Waals surface area contributed by atoms with Crippen LogP contribution < -0.4 is 9.64 Å². The third-order valence-electron chi connectivity index (χ3n) is 3.77. The molecule has 0 radical (unpaired) electrons. The fourth-order valence-corrected chi connectivity index (χ4v) is 2.51. The van der Waals surface area contributed by atoms with Crippen LogP contribution in [0.2, 0.25) is 0 Å². The van der Waals surface area contributed by atoms with Crippen LogP contribution in [0.1, 0.15) is 27.0 Å². The predicted octanol–water partition coefficient (Wildman–Crippen LogP) is 3.35. The second-order valence-electron chi connectivity index (χ2n) is 5.82. The lowest BCUT2D eigenvalue weighted by atomic mass is 10.0. The molecule has 0 aromatic heterocycles. The van der Waals surface area contributed by atoms with Crippen LogP contribution in [0.3, 0.4) is 0 Å². The summed E-state index contributed by atoms with van der Waals surface area (Å²) in [6, 6.07) is 11.2. The van der Waals surface area contributed by atoms with Crippen LogP contribution in [0, 0.1) is 20.8 Å². The Hall–Kier alpha value is -2.82. The van der Waals surface area contributed by atoms with Gasteiger partial charge in [0.2, 0.25) is 0 Å². The highest BCUT2D eigenvalue weighted by atomic mass is 16.5. The van der Waals surface area contributed by atoms with Crippen LogP contribution >= 0.6 is 0 Å². The minimum absolute atomic E-state index is 0.130. The number of carboxylic acid groups (broad SMARTS) is 1. The molecule has 0 unspecified atom stereocenters. The van der Waals surface area contributed by atoms with E-state index in [-0.39, 0.29) is 5.91 Å². The van der Waals surface area contributed by atoms with E-state index in [0.29, 0.717) is 11.3 Å². The third kappa shape index (κ3) is 3.93. The zero-order valence-electron chi connectivity index (χ0n) is 14.3. The lowest BCUT2D eigenvalue weighted by Gasteiger charge is -2.19. The van der Waals surface area contributed by atoms with Crippen molar-refractivity contribution in [2.24, 2.45) is 0 Å². The van der Waals surface area contributed by atoms with Crippen molar-refractivity contribution < 1.29 is 19.4 Å². The number of carboxylic acids is 1. The van der Waals surface area contributed by atoms with E-state index in [2.05, 4.69) is 0 Å². The Balaban J connectivity index is 2.26. The number of carbonyl (C=O) groups excluding carboxylic acids is 1. The van der Waals surface area contributed by atoms with Gasteiger partial charge in [-0.25, -0.2) is 4.79 Å². The molecule has 2 aromatic carbocycles. The molecule has 0 aliphatic rings. The highest BCUT2D eigenvalue weighted by Gasteiger charge is 2.17. The molecule has 0 aliphatic carbocycles. The zero-order chi connectivity index (χ0) is 17.9. The molecule has 126 valence electrons. The summed E-state index contributed by atoms with van der Waals surface area (Å²) in [6.07, 6.45) is 0. The van der Waals surface area contributed by atoms with Gasteiger partial charge >= 0.3 is 5.97 Å². The maximum Gasteiger partial charge on any atom is 0.341 e. The van der Waals surface area contributed by atoms with Crippen molar-refractivity contribution in [3.8, 4) is 5.75 Å². The fourth-order valence-electron chi connectivity index (χ4n) is 2.51. The Kier molecular flexibility index (Phi) is 5.24. The summed E-state index contributed by atoms with van der Waals surface area (Å²) in [5, 5.41) is 8.73. The van der Waals surface area contributed by atoms with Crippen molar-refractivity contribution in [1.29, 1.82) is 0 Å². The fraction of sp³-hybridized carbons (Fsp3) is 0.263. The molecular formula is C19H21NO4. The highest BCUT2D eigenvalue weighted by Crippen LogP contribution is 2.26. The van der Waals surface area contributed by atoms with Crippen molar-refractivity contribution in [2.45, 2.75) is 20.8 Å². The van der Waals surface area contributed by atoms with Crippen LogP contribution in [0.4, 0.5) is 5.69 Å². The van der Waals surface area contributed by atoms with Gasteiger partial charge in [-0.15, -0.1) is 0 Å². The van der Waals surface area contributed by atoms with Gasteiger partial charge in [-0.3, -0.25) is 4.79 Å². The van der Waals surface area contributed by atoms with Gasteiger partial charge in [0.25, 0.3) is 5.91 Å². The Morgan fingerprint density at radius 3 is 2.08 bits per heavy atom. The summed E-state index contributed by atoms with van der Waals surface area (Å²) in [6.45, 7) is 5.19. The molecular weight excluding hydrogens is 306 g/mol. The lowest BCUT2D eigenvalue weighted by molar-refractivity contribution is -0.139. The van der Waals surface area contributed by atoms with Crippen LogP contribution in [0.5, 0.6) is 5.75 Å². The molecule has 0 saturated carbocycles. The van der Waals surface area contributed by atoms with Gasteiger partial charge in [-0.2, -0.15) is 0 Å². The summed E-state index contributed by atoms with van der Waals surface area (Å²) in [4.78, 5) is 24.9. The van der Waals surface area contributed by atoms with Crippen LogP contribution in [-0.4, -0.2) is 30.6 Å². The minimum atomic E-state index is -1.03. The summed E-state index contributed by atoms with van der Waals surface area (Å²) in [7, 11) is 1.73. The average Bonchev–Trinajstić information content (AvgIpc) is 2.53. The number of ether oxygens (including phenoxy) is 1. The first kappa shape index (κ1) is 17.5. The van der Waals surface area contributed by atoms with E-state index < -0.39 is 12.6 Å². The first-order valence-corrected chi connectivity index (χ1v) is 7.60. The number of aliphatic carboxylic acids is 1. The second-order valence-corrected chi connectivity index (χ2v) is 5.82. The van der Waals surface area contributed by atoms with Gasteiger partial charge in [0.05, 0.1) is 0 Å². The average molecular weight is 327 g/mol. The topological polar surface area (TPSA) is 66.8 Å². The summed E-state index contributed by atoms with van der Waals surface area (Å²) in [5.74, 6) is -0.658. The van der Waals surface area contributed by atoms with E-state index in [4.69, 9.17) is 9.84 Å². The highest BCUT2D eigenvalue weighted by molar-refractivity contribution is 6.06. The number of nitrogens with zero attached hydrogens (tertiary/aromatic N) is 1. The molecule has 2 aromatic rings. The van der Waals surface area contributed by atoms with Crippen molar-refractivity contribution >= 4 is 17.6 Å². The lowest BCUT2D eigenvalue weighted by Crippen LogP contribution is -2.26. The first-order valence-electron chi connectivity index (χ1n) is 7.60. The van der Waals surface area contributed by atoms with E-state index in [0.717, 1.165) is 22.4 Å². The number of anilines is 1. The third-order valence-corrected chi connectivity index (χ3v) is 3.77. The Bertz CT molecular complexity index is 742. The van der Waals surface area contributed by atoms with Gasteiger partial charge < -0.3 is 14.7 Å². The molecule has 5 nitrogen and oxygen atoms in total. The predicted molar refractivity (Wildman–Crippen MR) is 93.0 cm³/mol. The summed E-state index contributed by atoms with van der Waals surface area (Å²) >= 11 is 0. The van der Waals surface area contributed by atoms with Crippen LogP contribution in [-0.2, 0) is 4.79 Å². The normalized spacial score (nSPS) is 10.3.